The lowest BCUT2D eigenvalue weighted by Gasteiger charge is -2.35. The summed E-state index contributed by atoms with van der Waals surface area (Å²) < 4.78 is 5.77. The first-order valence-electron chi connectivity index (χ1n) is 9.33. The zero-order valence-electron chi connectivity index (χ0n) is 15.7. The number of benzene rings is 1. The number of piperazine rings is 1. The van der Waals surface area contributed by atoms with Gasteiger partial charge in [0.15, 0.2) is 5.78 Å². The molecule has 0 bridgehead atoms. The van der Waals surface area contributed by atoms with E-state index in [0.29, 0.717) is 17.9 Å². The van der Waals surface area contributed by atoms with Gasteiger partial charge in [-0.05, 0) is 24.3 Å². The van der Waals surface area contributed by atoms with Gasteiger partial charge in [0.2, 0.25) is 0 Å². The van der Waals surface area contributed by atoms with Crippen molar-refractivity contribution in [3.8, 4) is 5.75 Å². The van der Waals surface area contributed by atoms with Gasteiger partial charge in [0, 0.05) is 57.1 Å². The van der Waals surface area contributed by atoms with Gasteiger partial charge in [-0.3, -0.25) is 19.5 Å². The first-order valence-corrected chi connectivity index (χ1v) is 9.33. The van der Waals surface area contributed by atoms with Gasteiger partial charge in [0.05, 0.1) is 12.6 Å². The molecule has 28 heavy (non-hydrogen) atoms. The third-order valence-electron chi connectivity index (χ3n) is 4.66. The zero-order valence-corrected chi connectivity index (χ0v) is 15.7. The van der Waals surface area contributed by atoms with Crippen LogP contribution in [0.1, 0.15) is 23.2 Å². The van der Waals surface area contributed by atoms with E-state index >= 15 is 0 Å². The Balaban J connectivity index is 1.37. The van der Waals surface area contributed by atoms with Crippen LogP contribution in [0.2, 0.25) is 0 Å². The number of carbonyl (C=O) groups excluding carboxylic acids is 1. The lowest BCUT2D eigenvalue weighted by Crippen LogP contribution is -2.47. The topological polar surface area (TPSA) is 95.9 Å². The molecule has 1 fully saturated rings. The number of carboxylic acids is 1. The Kier molecular flexibility index (Phi) is 6.91. The van der Waals surface area contributed by atoms with Crippen molar-refractivity contribution in [2.45, 2.75) is 12.8 Å². The lowest BCUT2D eigenvalue weighted by atomic mass is 10.1. The second-order valence-electron chi connectivity index (χ2n) is 6.58. The number of carboxylic acid groups (broad SMARTS) is 1. The first-order chi connectivity index (χ1) is 13.6. The van der Waals surface area contributed by atoms with Gasteiger partial charge < -0.3 is 14.7 Å². The Morgan fingerprint density at radius 3 is 2.43 bits per heavy atom. The highest BCUT2D eigenvalue weighted by Crippen LogP contribution is 2.15. The highest BCUT2D eigenvalue weighted by Gasteiger charge is 2.17. The van der Waals surface area contributed by atoms with Crippen LogP contribution in [0.4, 0.5) is 5.82 Å². The molecule has 1 aliphatic heterocycles. The second-order valence-corrected chi connectivity index (χ2v) is 6.58. The van der Waals surface area contributed by atoms with Crippen LogP contribution in [-0.4, -0.2) is 71.1 Å². The predicted octanol–water partition coefficient (Wildman–Crippen LogP) is 1.73. The molecule has 2 aromatic rings. The molecule has 2 heterocycles. The van der Waals surface area contributed by atoms with Crippen LogP contribution < -0.4 is 9.64 Å². The van der Waals surface area contributed by atoms with Crippen molar-refractivity contribution in [2.75, 3.05) is 44.2 Å². The van der Waals surface area contributed by atoms with Gasteiger partial charge in [-0.25, -0.2) is 4.98 Å². The molecule has 0 radical (unpaired) electrons. The molecule has 148 valence electrons. The van der Waals surface area contributed by atoms with Gasteiger partial charge in [-0.2, -0.15) is 0 Å². The monoisotopic (exact) mass is 384 g/mol. The number of nitrogens with zero attached hydrogens (tertiary/aromatic N) is 4. The van der Waals surface area contributed by atoms with E-state index in [2.05, 4.69) is 19.8 Å². The molecule has 1 aromatic heterocycles. The normalized spacial score (nSPS) is 14.6. The summed E-state index contributed by atoms with van der Waals surface area (Å²) in [6.07, 6.45) is 5.03. The highest BCUT2D eigenvalue weighted by atomic mass is 16.5. The molecular weight excluding hydrogens is 360 g/mol. The Morgan fingerprint density at radius 2 is 1.79 bits per heavy atom. The summed E-state index contributed by atoms with van der Waals surface area (Å²) in [7, 11) is 0. The maximum Gasteiger partial charge on any atom is 0.303 e. The summed E-state index contributed by atoms with van der Waals surface area (Å²) in [5.74, 6) is 0.477. The Morgan fingerprint density at radius 1 is 1.04 bits per heavy atom. The van der Waals surface area contributed by atoms with E-state index in [0.717, 1.165) is 38.5 Å². The standard InChI is InChI=1S/C20H24N4O4/c25-18(5-6-20(26)27)16-1-3-17(4-2-16)28-14-13-23-9-11-24(12-10-23)19-15-21-7-8-22-19/h1-4,7-8,15H,5-6,9-14H2,(H,26,27). The molecule has 0 aliphatic carbocycles. The maximum atomic E-state index is 11.9. The van der Waals surface area contributed by atoms with E-state index in [1.807, 2.05) is 0 Å². The summed E-state index contributed by atoms with van der Waals surface area (Å²) in [5, 5.41) is 8.65. The SMILES string of the molecule is O=C(O)CCC(=O)c1ccc(OCCN2CCN(c3cnccn3)CC2)cc1. The summed E-state index contributed by atoms with van der Waals surface area (Å²) >= 11 is 0. The van der Waals surface area contributed by atoms with E-state index in [4.69, 9.17) is 9.84 Å². The van der Waals surface area contributed by atoms with E-state index in [1.165, 1.54) is 0 Å². The molecule has 8 heteroatoms. The van der Waals surface area contributed by atoms with Gasteiger partial charge in [0.25, 0.3) is 0 Å². The van der Waals surface area contributed by atoms with Crippen molar-refractivity contribution in [2.24, 2.45) is 0 Å². The number of anilines is 1. The minimum Gasteiger partial charge on any atom is -0.492 e. The number of hydrogen-bond acceptors (Lipinski definition) is 7. The fourth-order valence-electron chi connectivity index (χ4n) is 3.05. The average Bonchev–Trinajstić information content (AvgIpc) is 2.73. The fraction of sp³-hybridized carbons (Fsp3) is 0.400. The van der Waals surface area contributed by atoms with Crippen molar-refractivity contribution in [3.63, 3.8) is 0 Å². The minimum atomic E-state index is -0.967. The van der Waals surface area contributed by atoms with E-state index < -0.39 is 5.97 Å². The number of Topliss-reactive ketones (excluding diaryl/α,β-unsaturated/α-hetero) is 1. The molecule has 3 rings (SSSR count). The predicted molar refractivity (Wildman–Crippen MR) is 104 cm³/mol. The van der Waals surface area contributed by atoms with E-state index in [9.17, 15) is 9.59 Å². The van der Waals surface area contributed by atoms with Crippen molar-refractivity contribution >= 4 is 17.6 Å². The molecule has 0 amide bonds. The van der Waals surface area contributed by atoms with Crippen molar-refractivity contribution < 1.29 is 19.4 Å². The zero-order chi connectivity index (χ0) is 19.8. The molecule has 0 atom stereocenters. The number of aliphatic carboxylic acids is 1. The number of ether oxygens (including phenoxy) is 1. The quantitative estimate of drug-likeness (QED) is 0.653. The summed E-state index contributed by atoms with van der Waals surface area (Å²) in [6.45, 7) is 5.09. The van der Waals surface area contributed by atoms with Crippen LogP contribution >= 0.6 is 0 Å². The number of aromatic nitrogens is 2. The Bertz CT molecular complexity index is 775. The van der Waals surface area contributed by atoms with Gasteiger partial charge in [0.1, 0.15) is 18.2 Å². The van der Waals surface area contributed by atoms with E-state index in [-0.39, 0.29) is 18.6 Å². The Hall–Kier alpha value is -3.00. The summed E-state index contributed by atoms with van der Waals surface area (Å²) in [4.78, 5) is 35.4. The number of rotatable bonds is 9. The molecule has 8 nitrogen and oxygen atoms in total. The molecule has 0 saturated carbocycles. The van der Waals surface area contributed by atoms with Crippen LogP contribution in [0.5, 0.6) is 5.75 Å². The van der Waals surface area contributed by atoms with E-state index in [1.54, 1.807) is 42.9 Å². The Labute approximate surface area is 163 Å². The van der Waals surface area contributed by atoms with Gasteiger partial charge >= 0.3 is 5.97 Å². The average molecular weight is 384 g/mol. The van der Waals surface area contributed by atoms with Crippen LogP contribution in [0.25, 0.3) is 0 Å². The van der Waals surface area contributed by atoms with Gasteiger partial charge in [-0.15, -0.1) is 0 Å². The number of ketones is 1. The van der Waals surface area contributed by atoms with Crippen LogP contribution in [-0.2, 0) is 4.79 Å². The molecule has 1 N–H and O–H groups in total. The fourth-order valence-corrected chi connectivity index (χ4v) is 3.05. The second kappa shape index (κ2) is 9.80. The molecule has 0 spiro atoms. The smallest absolute Gasteiger partial charge is 0.303 e. The lowest BCUT2D eigenvalue weighted by molar-refractivity contribution is -0.136. The summed E-state index contributed by atoms with van der Waals surface area (Å²) in [6, 6.07) is 6.86. The highest BCUT2D eigenvalue weighted by molar-refractivity contribution is 5.97. The maximum absolute atomic E-state index is 11.9. The molecule has 1 aliphatic rings. The third kappa shape index (κ3) is 5.75. The molecular formula is C20H24N4O4. The minimum absolute atomic E-state index is 0.01000. The van der Waals surface area contributed by atoms with Gasteiger partial charge in [-0.1, -0.05) is 0 Å². The number of hydrogen-bond donors (Lipinski definition) is 1. The number of carbonyl (C=O) groups is 2. The largest absolute Gasteiger partial charge is 0.492 e. The molecule has 1 saturated heterocycles. The summed E-state index contributed by atoms with van der Waals surface area (Å²) in [5.41, 5.74) is 0.508. The van der Waals surface area contributed by atoms with Crippen molar-refractivity contribution in [1.29, 1.82) is 0 Å². The third-order valence-corrected chi connectivity index (χ3v) is 4.66. The molecule has 1 aromatic carbocycles. The first kappa shape index (κ1) is 19.8. The van der Waals surface area contributed by atoms with Crippen LogP contribution in [0.15, 0.2) is 42.9 Å². The van der Waals surface area contributed by atoms with Crippen molar-refractivity contribution in [1.82, 2.24) is 14.9 Å². The van der Waals surface area contributed by atoms with Crippen molar-refractivity contribution in [3.05, 3.63) is 48.4 Å². The molecule has 0 unspecified atom stereocenters. The van der Waals surface area contributed by atoms with Crippen LogP contribution in [0, 0.1) is 0 Å². The van der Waals surface area contributed by atoms with Crippen LogP contribution in [0.3, 0.4) is 0 Å².